The second-order valence-corrected chi connectivity index (χ2v) is 3.74. The standard InChI is InChI=1S/C11H11N5O2/c1-17-10-8-9(13-6-14-10)16(11(12)15-8)4-7-2-3-18-5-7/h2-3,5-6H,4H2,1H3,(H2,12,15). The molecule has 0 aliphatic heterocycles. The van der Waals surface area contributed by atoms with Crippen molar-refractivity contribution in [1.29, 1.82) is 0 Å². The highest BCUT2D eigenvalue weighted by Gasteiger charge is 2.14. The Hall–Kier alpha value is -2.57. The summed E-state index contributed by atoms with van der Waals surface area (Å²) in [5, 5.41) is 0. The van der Waals surface area contributed by atoms with Crippen molar-refractivity contribution in [2.45, 2.75) is 6.54 Å². The van der Waals surface area contributed by atoms with E-state index in [1.165, 1.54) is 13.4 Å². The molecule has 0 radical (unpaired) electrons. The molecule has 0 aliphatic carbocycles. The monoisotopic (exact) mass is 245 g/mol. The Kier molecular flexibility index (Phi) is 2.36. The predicted octanol–water partition coefficient (Wildman–Crippen LogP) is 1.06. The molecule has 0 amide bonds. The summed E-state index contributed by atoms with van der Waals surface area (Å²) in [4.78, 5) is 12.4. The fourth-order valence-electron chi connectivity index (χ4n) is 1.80. The number of furan rings is 1. The van der Waals surface area contributed by atoms with Gasteiger partial charge in [0, 0.05) is 5.56 Å². The molecular weight excluding hydrogens is 234 g/mol. The molecular formula is C11H11N5O2. The highest BCUT2D eigenvalue weighted by atomic mass is 16.5. The molecule has 0 saturated heterocycles. The van der Waals surface area contributed by atoms with E-state index in [9.17, 15) is 0 Å². The van der Waals surface area contributed by atoms with E-state index < -0.39 is 0 Å². The molecule has 2 N–H and O–H groups in total. The van der Waals surface area contributed by atoms with Crippen LogP contribution in [0.5, 0.6) is 5.88 Å². The van der Waals surface area contributed by atoms with Crippen molar-refractivity contribution in [2.75, 3.05) is 12.8 Å². The summed E-state index contributed by atoms with van der Waals surface area (Å²) in [6.07, 6.45) is 4.69. The third-order valence-electron chi connectivity index (χ3n) is 2.64. The number of hydrogen-bond acceptors (Lipinski definition) is 6. The van der Waals surface area contributed by atoms with Crippen LogP contribution in [0.1, 0.15) is 5.56 Å². The summed E-state index contributed by atoms with van der Waals surface area (Å²) < 4.78 is 11.9. The minimum Gasteiger partial charge on any atom is -0.479 e. The average Bonchev–Trinajstić information content (AvgIpc) is 2.99. The molecule has 0 saturated carbocycles. The second kappa shape index (κ2) is 4.02. The lowest BCUT2D eigenvalue weighted by atomic mass is 10.3. The van der Waals surface area contributed by atoms with Crippen LogP contribution in [0.2, 0.25) is 0 Å². The van der Waals surface area contributed by atoms with Crippen molar-refractivity contribution in [2.24, 2.45) is 0 Å². The van der Waals surface area contributed by atoms with Gasteiger partial charge in [-0.15, -0.1) is 0 Å². The van der Waals surface area contributed by atoms with E-state index in [2.05, 4.69) is 15.0 Å². The van der Waals surface area contributed by atoms with E-state index >= 15 is 0 Å². The minimum absolute atomic E-state index is 0.366. The molecule has 3 heterocycles. The molecule has 0 fully saturated rings. The number of anilines is 1. The van der Waals surface area contributed by atoms with E-state index in [4.69, 9.17) is 14.9 Å². The third-order valence-corrected chi connectivity index (χ3v) is 2.64. The van der Waals surface area contributed by atoms with Gasteiger partial charge in [-0.05, 0) is 6.07 Å². The maximum Gasteiger partial charge on any atom is 0.245 e. The van der Waals surface area contributed by atoms with E-state index in [0.29, 0.717) is 29.5 Å². The molecule has 7 heteroatoms. The number of nitrogen functional groups attached to an aromatic ring is 1. The average molecular weight is 245 g/mol. The van der Waals surface area contributed by atoms with Crippen LogP contribution in [0.3, 0.4) is 0 Å². The summed E-state index contributed by atoms with van der Waals surface area (Å²) in [6.45, 7) is 0.541. The van der Waals surface area contributed by atoms with Gasteiger partial charge in [-0.2, -0.15) is 4.98 Å². The number of imidazole rings is 1. The van der Waals surface area contributed by atoms with Gasteiger partial charge in [0.15, 0.2) is 11.2 Å². The van der Waals surface area contributed by atoms with E-state index in [0.717, 1.165) is 5.56 Å². The van der Waals surface area contributed by atoms with Crippen molar-refractivity contribution in [1.82, 2.24) is 19.5 Å². The quantitative estimate of drug-likeness (QED) is 0.741. The molecule has 0 unspecified atom stereocenters. The first-order chi connectivity index (χ1) is 8.79. The zero-order chi connectivity index (χ0) is 12.5. The number of ether oxygens (including phenoxy) is 1. The van der Waals surface area contributed by atoms with E-state index in [-0.39, 0.29) is 0 Å². The van der Waals surface area contributed by atoms with Gasteiger partial charge in [0.2, 0.25) is 11.8 Å². The van der Waals surface area contributed by atoms with Gasteiger partial charge in [-0.25, -0.2) is 9.97 Å². The third kappa shape index (κ3) is 1.56. The number of methoxy groups -OCH3 is 1. The Morgan fingerprint density at radius 1 is 1.44 bits per heavy atom. The summed E-state index contributed by atoms with van der Waals surface area (Å²) in [6, 6.07) is 1.86. The fraction of sp³-hybridized carbons (Fsp3) is 0.182. The van der Waals surface area contributed by atoms with Crippen molar-refractivity contribution < 1.29 is 9.15 Å². The van der Waals surface area contributed by atoms with Crippen LogP contribution in [0.4, 0.5) is 5.95 Å². The smallest absolute Gasteiger partial charge is 0.245 e. The van der Waals surface area contributed by atoms with Crippen LogP contribution in [-0.2, 0) is 6.54 Å². The minimum atomic E-state index is 0.366. The first kappa shape index (κ1) is 10.6. The van der Waals surface area contributed by atoms with Gasteiger partial charge in [-0.3, -0.25) is 4.57 Å². The topological polar surface area (TPSA) is 92.0 Å². The largest absolute Gasteiger partial charge is 0.479 e. The lowest BCUT2D eigenvalue weighted by Gasteiger charge is -2.03. The van der Waals surface area contributed by atoms with Gasteiger partial charge >= 0.3 is 0 Å². The Balaban J connectivity index is 2.14. The summed E-state index contributed by atoms with van der Waals surface area (Å²) in [5.41, 5.74) is 8.07. The highest BCUT2D eigenvalue weighted by Crippen LogP contribution is 2.23. The van der Waals surface area contributed by atoms with Gasteiger partial charge in [0.25, 0.3) is 0 Å². The maximum absolute atomic E-state index is 5.89. The van der Waals surface area contributed by atoms with E-state index in [1.54, 1.807) is 17.1 Å². The highest BCUT2D eigenvalue weighted by molar-refractivity contribution is 5.79. The molecule has 3 aromatic heterocycles. The normalized spacial score (nSPS) is 10.9. The number of rotatable bonds is 3. The molecule has 0 aromatic carbocycles. The number of nitrogens with two attached hydrogens (primary N) is 1. The first-order valence-electron chi connectivity index (χ1n) is 5.31. The number of fused-ring (bicyclic) bond motifs is 1. The lowest BCUT2D eigenvalue weighted by molar-refractivity contribution is 0.401. The molecule has 18 heavy (non-hydrogen) atoms. The Morgan fingerprint density at radius 2 is 2.33 bits per heavy atom. The molecule has 3 aromatic rings. The van der Waals surface area contributed by atoms with Gasteiger partial charge in [0.05, 0.1) is 26.2 Å². The Bertz CT molecular complexity index is 674. The summed E-state index contributed by atoms with van der Waals surface area (Å²) >= 11 is 0. The first-order valence-corrected chi connectivity index (χ1v) is 5.31. The molecule has 0 spiro atoms. The van der Waals surface area contributed by atoms with Crippen LogP contribution in [-0.4, -0.2) is 26.6 Å². The van der Waals surface area contributed by atoms with Crippen LogP contribution >= 0.6 is 0 Å². The summed E-state index contributed by atoms with van der Waals surface area (Å²) in [7, 11) is 1.53. The fourth-order valence-corrected chi connectivity index (χ4v) is 1.80. The number of hydrogen-bond donors (Lipinski definition) is 1. The lowest BCUT2D eigenvalue weighted by Crippen LogP contribution is -2.04. The van der Waals surface area contributed by atoms with Crippen molar-refractivity contribution in [3.8, 4) is 5.88 Å². The molecule has 3 rings (SSSR count). The zero-order valence-electron chi connectivity index (χ0n) is 9.70. The van der Waals surface area contributed by atoms with Crippen LogP contribution in [0.25, 0.3) is 11.2 Å². The van der Waals surface area contributed by atoms with Crippen LogP contribution < -0.4 is 10.5 Å². The van der Waals surface area contributed by atoms with Gasteiger partial charge < -0.3 is 14.9 Å². The molecule has 0 bridgehead atoms. The van der Waals surface area contributed by atoms with Crippen molar-refractivity contribution in [3.05, 3.63) is 30.5 Å². The Morgan fingerprint density at radius 3 is 3.06 bits per heavy atom. The number of aromatic nitrogens is 4. The van der Waals surface area contributed by atoms with Crippen molar-refractivity contribution >= 4 is 17.1 Å². The number of nitrogens with zero attached hydrogens (tertiary/aromatic N) is 4. The van der Waals surface area contributed by atoms with Crippen LogP contribution in [0.15, 0.2) is 29.3 Å². The Labute approximate surface area is 102 Å². The van der Waals surface area contributed by atoms with Crippen LogP contribution in [0, 0.1) is 0 Å². The summed E-state index contributed by atoms with van der Waals surface area (Å²) in [5.74, 6) is 0.780. The van der Waals surface area contributed by atoms with Crippen molar-refractivity contribution in [3.63, 3.8) is 0 Å². The molecule has 7 nitrogen and oxygen atoms in total. The maximum atomic E-state index is 5.89. The van der Waals surface area contributed by atoms with Gasteiger partial charge in [-0.1, -0.05) is 0 Å². The van der Waals surface area contributed by atoms with E-state index in [1.807, 2.05) is 6.07 Å². The second-order valence-electron chi connectivity index (χ2n) is 3.74. The zero-order valence-corrected chi connectivity index (χ0v) is 9.70. The SMILES string of the molecule is COc1ncnc2c1nc(N)n2Cc1ccoc1. The molecule has 0 aliphatic rings. The molecule has 92 valence electrons. The molecule has 0 atom stereocenters. The predicted molar refractivity (Wildman–Crippen MR) is 64.1 cm³/mol. The van der Waals surface area contributed by atoms with Gasteiger partial charge in [0.1, 0.15) is 6.33 Å².